The number of aromatic amines is 1. The van der Waals surface area contributed by atoms with E-state index in [1.54, 1.807) is 35.3 Å². The molecule has 2 aromatic heterocycles. The fourth-order valence-electron chi connectivity index (χ4n) is 3.36. The highest BCUT2D eigenvalue weighted by Gasteiger charge is 2.10. The van der Waals surface area contributed by atoms with E-state index in [2.05, 4.69) is 27.5 Å². The van der Waals surface area contributed by atoms with E-state index in [4.69, 9.17) is 23.2 Å². The Kier molecular flexibility index (Phi) is 5.88. The van der Waals surface area contributed by atoms with Crippen molar-refractivity contribution in [2.45, 2.75) is 25.8 Å². The minimum Gasteiger partial charge on any atom is -0.361 e. The van der Waals surface area contributed by atoms with E-state index in [-0.39, 0.29) is 5.91 Å². The maximum atomic E-state index is 12.3. The molecule has 4 rings (SSSR count). The minimum atomic E-state index is -0.0276. The first-order valence-corrected chi connectivity index (χ1v) is 10.2. The SMILES string of the molecule is O=C(CCCc1c[nH]c2ccccc12)Nc1cnn(Cc2c(Cl)cccc2Cl)c1. The number of amides is 1. The summed E-state index contributed by atoms with van der Waals surface area (Å²) in [5.41, 5.74) is 3.82. The Morgan fingerprint density at radius 3 is 2.72 bits per heavy atom. The van der Waals surface area contributed by atoms with E-state index in [0.717, 1.165) is 23.9 Å². The van der Waals surface area contributed by atoms with Crippen LogP contribution in [0.1, 0.15) is 24.0 Å². The van der Waals surface area contributed by atoms with Gasteiger partial charge in [-0.3, -0.25) is 9.48 Å². The lowest BCUT2D eigenvalue weighted by Crippen LogP contribution is -2.11. The number of nitrogens with zero attached hydrogens (tertiary/aromatic N) is 2. The summed E-state index contributed by atoms with van der Waals surface area (Å²) in [6, 6.07) is 13.6. The van der Waals surface area contributed by atoms with Crippen molar-refractivity contribution in [3.8, 4) is 0 Å². The summed E-state index contributed by atoms with van der Waals surface area (Å²) in [5.74, 6) is -0.0276. The molecule has 0 bridgehead atoms. The number of benzene rings is 2. The highest BCUT2D eigenvalue weighted by atomic mass is 35.5. The quantitative estimate of drug-likeness (QED) is 0.399. The number of anilines is 1. The number of H-pyrrole nitrogens is 1. The van der Waals surface area contributed by atoms with E-state index in [1.165, 1.54) is 10.9 Å². The Bertz CT molecular complexity index is 1130. The zero-order valence-corrected chi connectivity index (χ0v) is 17.2. The Hall–Kier alpha value is -2.76. The number of hydrogen-bond donors (Lipinski definition) is 2. The first kappa shape index (κ1) is 19.6. The molecule has 29 heavy (non-hydrogen) atoms. The molecule has 0 aliphatic heterocycles. The molecule has 0 radical (unpaired) electrons. The zero-order chi connectivity index (χ0) is 20.2. The molecule has 2 aromatic carbocycles. The van der Waals surface area contributed by atoms with Gasteiger partial charge in [-0.2, -0.15) is 5.10 Å². The highest BCUT2D eigenvalue weighted by Crippen LogP contribution is 2.25. The maximum Gasteiger partial charge on any atom is 0.224 e. The number of nitrogens with one attached hydrogen (secondary N) is 2. The second-order valence-corrected chi connectivity index (χ2v) is 7.70. The number of hydrogen-bond acceptors (Lipinski definition) is 2. The number of rotatable bonds is 7. The molecule has 2 N–H and O–H groups in total. The van der Waals surface area contributed by atoms with Gasteiger partial charge < -0.3 is 10.3 Å². The molecule has 0 saturated carbocycles. The molecule has 7 heteroatoms. The van der Waals surface area contributed by atoms with Gasteiger partial charge in [0.05, 0.1) is 18.4 Å². The second kappa shape index (κ2) is 8.72. The normalized spacial score (nSPS) is 11.1. The predicted molar refractivity (Wildman–Crippen MR) is 118 cm³/mol. The molecule has 5 nitrogen and oxygen atoms in total. The molecule has 0 saturated heterocycles. The van der Waals surface area contributed by atoms with Gasteiger partial charge in [0.1, 0.15) is 0 Å². The van der Waals surface area contributed by atoms with E-state index in [0.29, 0.717) is 28.7 Å². The van der Waals surface area contributed by atoms with E-state index >= 15 is 0 Å². The monoisotopic (exact) mass is 426 g/mol. The van der Waals surface area contributed by atoms with Gasteiger partial charge in [-0.25, -0.2) is 0 Å². The van der Waals surface area contributed by atoms with E-state index in [1.807, 2.05) is 18.3 Å². The van der Waals surface area contributed by atoms with Gasteiger partial charge >= 0.3 is 0 Å². The summed E-state index contributed by atoms with van der Waals surface area (Å²) in [6.07, 6.45) is 7.49. The number of para-hydroxylation sites is 1. The zero-order valence-electron chi connectivity index (χ0n) is 15.7. The van der Waals surface area contributed by atoms with Crippen LogP contribution >= 0.6 is 23.2 Å². The number of fused-ring (bicyclic) bond motifs is 1. The van der Waals surface area contributed by atoms with Crippen LogP contribution in [0.2, 0.25) is 10.0 Å². The molecule has 0 fully saturated rings. The average molecular weight is 427 g/mol. The fraction of sp³-hybridized carbons (Fsp3) is 0.182. The van der Waals surface area contributed by atoms with Crippen molar-refractivity contribution in [1.82, 2.24) is 14.8 Å². The van der Waals surface area contributed by atoms with Gasteiger partial charge in [0, 0.05) is 45.3 Å². The Morgan fingerprint density at radius 1 is 1.10 bits per heavy atom. The summed E-state index contributed by atoms with van der Waals surface area (Å²) in [4.78, 5) is 15.5. The van der Waals surface area contributed by atoms with Crippen LogP contribution < -0.4 is 5.32 Å². The molecule has 0 aliphatic carbocycles. The van der Waals surface area contributed by atoms with Crippen LogP contribution in [0.4, 0.5) is 5.69 Å². The second-order valence-electron chi connectivity index (χ2n) is 6.89. The standard InChI is InChI=1S/C22H20Cl2N4O/c23-19-7-4-8-20(24)18(19)14-28-13-16(12-26-28)27-22(29)10-3-5-15-11-25-21-9-2-1-6-17(15)21/h1-2,4,6-9,11-13,25H,3,5,10,14H2,(H,27,29). The van der Waals surface area contributed by atoms with Crippen molar-refractivity contribution in [3.05, 3.63) is 82.2 Å². The van der Waals surface area contributed by atoms with Crippen LogP contribution in [-0.4, -0.2) is 20.7 Å². The number of halogens is 2. The third kappa shape index (κ3) is 4.63. The number of carbonyl (C=O) groups is 1. The van der Waals surface area contributed by atoms with Crippen LogP contribution in [0.5, 0.6) is 0 Å². The fourth-order valence-corrected chi connectivity index (χ4v) is 3.88. The number of aromatic nitrogens is 3. The third-order valence-electron chi connectivity index (χ3n) is 4.82. The average Bonchev–Trinajstić information content (AvgIpc) is 3.32. The van der Waals surface area contributed by atoms with E-state index in [9.17, 15) is 4.79 Å². The van der Waals surface area contributed by atoms with Crippen LogP contribution in [-0.2, 0) is 17.8 Å². The van der Waals surface area contributed by atoms with Crippen molar-refractivity contribution in [2.24, 2.45) is 0 Å². The van der Waals surface area contributed by atoms with E-state index < -0.39 is 0 Å². The molecular weight excluding hydrogens is 407 g/mol. The Balaban J connectivity index is 1.30. The van der Waals surface area contributed by atoms with Gasteiger partial charge in [-0.15, -0.1) is 0 Å². The summed E-state index contributed by atoms with van der Waals surface area (Å²) in [5, 5.41) is 9.58. The molecule has 4 aromatic rings. The largest absolute Gasteiger partial charge is 0.361 e. The van der Waals surface area contributed by atoms with Crippen molar-refractivity contribution >= 4 is 45.7 Å². The molecule has 0 unspecified atom stereocenters. The van der Waals surface area contributed by atoms with Crippen LogP contribution in [0.25, 0.3) is 10.9 Å². The van der Waals surface area contributed by atoms with Gasteiger partial charge in [0.2, 0.25) is 5.91 Å². The van der Waals surface area contributed by atoms with Crippen molar-refractivity contribution in [1.29, 1.82) is 0 Å². The molecule has 0 aliphatic rings. The Morgan fingerprint density at radius 2 is 1.90 bits per heavy atom. The van der Waals surface area contributed by atoms with Crippen LogP contribution in [0, 0.1) is 0 Å². The molecule has 148 valence electrons. The summed E-state index contributed by atoms with van der Waals surface area (Å²) in [6.45, 7) is 0.439. The lowest BCUT2D eigenvalue weighted by molar-refractivity contribution is -0.116. The van der Waals surface area contributed by atoms with Gasteiger partial charge in [-0.05, 0) is 36.6 Å². The predicted octanol–water partition coefficient (Wildman–Crippen LogP) is 5.68. The van der Waals surface area contributed by atoms with Crippen molar-refractivity contribution in [2.75, 3.05) is 5.32 Å². The first-order valence-electron chi connectivity index (χ1n) is 9.40. The van der Waals surface area contributed by atoms with Crippen molar-refractivity contribution < 1.29 is 4.79 Å². The van der Waals surface area contributed by atoms with Gasteiger partial charge in [0.15, 0.2) is 0 Å². The minimum absolute atomic E-state index is 0.0276. The molecule has 1 amide bonds. The molecule has 0 atom stereocenters. The van der Waals surface area contributed by atoms with Crippen molar-refractivity contribution in [3.63, 3.8) is 0 Å². The summed E-state index contributed by atoms with van der Waals surface area (Å²) >= 11 is 12.4. The summed E-state index contributed by atoms with van der Waals surface area (Å²) < 4.78 is 1.70. The third-order valence-corrected chi connectivity index (χ3v) is 5.53. The smallest absolute Gasteiger partial charge is 0.224 e. The Labute approximate surface area is 178 Å². The lowest BCUT2D eigenvalue weighted by atomic mass is 10.1. The van der Waals surface area contributed by atoms with Gasteiger partial charge in [-0.1, -0.05) is 47.5 Å². The maximum absolute atomic E-state index is 12.3. The summed E-state index contributed by atoms with van der Waals surface area (Å²) in [7, 11) is 0. The van der Waals surface area contributed by atoms with Crippen LogP contribution in [0.3, 0.4) is 0 Å². The van der Waals surface area contributed by atoms with Crippen LogP contribution in [0.15, 0.2) is 61.1 Å². The lowest BCUT2D eigenvalue weighted by Gasteiger charge is -2.06. The molecular formula is C22H20Cl2N4O. The molecule has 2 heterocycles. The van der Waals surface area contributed by atoms with Gasteiger partial charge in [0.25, 0.3) is 0 Å². The highest BCUT2D eigenvalue weighted by molar-refractivity contribution is 6.35. The molecule has 0 spiro atoms. The number of carbonyl (C=O) groups excluding carboxylic acids is 1. The number of aryl methyl sites for hydroxylation is 1. The topological polar surface area (TPSA) is 62.7 Å². The first-order chi connectivity index (χ1) is 14.1.